The van der Waals surface area contributed by atoms with Gasteiger partial charge in [0, 0.05) is 19.6 Å². The molecule has 2 heterocycles. The highest BCUT2D eigenvalue weighted by Gasteiger charge is 2.14. The molecule has 2 aromatic rings. The van der Waals surface area contributed by atoms with Crippen LogP contribution in [0.15, 0.2) is 12.7 Å². The van der Waals surface area contributed by atoms with E-state index in [1.165, 1.54) is 17.3 Å². The third kappa shape index (κ3) is 3.85. The van der Waals surface area contributed by atoms with Crippen LogP contribution in [0.5, 0.6) is 0 Å². The average Bonchev–Trinajstić information content (AvgIpc) is 3.01. The second-order valence-corrected chi connectivity index (χ2v) is 4.34. The van der Waals surface area contributed by atoms with Crippen LogP contribution in [0.1, 0.15) is 20.3 Å². The summed E-state index contributed by atoms with van der Waals surface area (Å²) in [5.74, 6) is 1.39. The number of aromatic nitrogens is 6. The fraction of sp³-hybridized carbons (Fsp3) is 0.583. The van der Waals surface area contributed by atoms with E-state index in [-0.39, 0.29) is 6.61 Å². The first-order valence-electron chi connectivity index (χ1n) is 6.99. The van der Waals surface area contributed by atoms with Crippen molar-refractivity contribution in [3.63, 3.8) is 0 Å². The lowest BCUT2D eigenvalue weighted by Gasteiger charge is -2.21. The third-order valence-electron chi connectivity index (χ3n) is 2.72. The van der Waals surface area contributed by atoms with Gasteiger partial charge in [0.15, 0.2) is 0 Å². The lowest BCUT2D eigenvalue weighted by molar-refractivity contribution is 0.301. The van der Waals surface area contributed by atoms with Crippen molar-refractivity contribution in [2.24, 2.45) is 0 Å². The van der Waals surface area contributed by atoms with Gasteiger partial charge in [0.25, 0.3) is 5.95 Å². The van der Waals surface area contributed by atoms with Crippen LogP contribution < -0.4 is 10.2 Å². The molecule has 0 fully saturated rings. The Bertz CT molecular complexity index is 538. The first-order valence-corrected chi connectivity index (χ1v) is 6.99. The molecular weight excluding hydrogens is 272 g/mol. The van der Waals surface area contributed by atoms with Crippen LogP contribution >= 0.6 is 0 Å². The molecule has 114 valence electrons. The quantitative estimate of drug-likeness (QED) is 0.705. The first kappa shape index (κ1) is 15.1. The van der Waals surface area contributed by atoms with Crippen LogP contribution in [-0.2, 0) is 0 Å². The van der Waals surface area contributed by atoms with Gasteiger partial charge >= 0.3 is 0 Å². The summed E-state index contributed by atoms with van der Waals surface area (Å²) in [4.78, 5) is 18.9. The molecule has 0 atom stereocenters. The van der Waals surface area contributed by atoms with Crippen molar-refractivity contribution in [3.05, 3.63) is 12.7 Å². The van der Waals surface area contributed by atoms with Crippen LogP contribution in [0.25, 0.3) is 5.95 Å². The lowest BCUT2D eigenvalue weighted by Crippen LogP contribution is -2.30. The van der Waals surface area contributed by atoms with Crippen LogP contribution in [0.2, 0.25) is 0 Å². The summed E-state index contributed by atoms with van der Waals surface area (Å²) < 4.78 is 1.48. The molecule has 0 bridgehead atoms. The van der Waals surface area contributed by atoms with Gasteiger partial charge in [0.1, 0.15) is 12.7 Å². The molecule has 0 radical (unpaired) electrons. The summed E-state index contributed by atoms with van der Waals surface area (Å²) in [5, 5.41) is 16.3. The number of nitrogens with one attached hydrogen (secondary N) is 1. The van der Waals surface area contributed by atoms with Crippen molar-refractivity contribution in [3.8, 4) is 5.95 Å². The molecule has 0 unspecified atom stereocenters. The number of aliphatic hydroxyl groups is 1. The summed E-state index contributed by atoms with van der Waals surface area (Å²) in [5.41, 5.74) is 0. The van der Waals surface area contributed by atoms with Crippen molar-refractivity contribution < 1.29 is 5.11 Å². The van der Waals surface area contributed by atoms with E-state index in [4.69, 9.17) is 0 Å². The molecule has 9 nitrogen and oxygen atoms in total. The monoisotopic (exact) mass is 292 g/mol. The zero-order valence-electron chi connectivity index (χ0n) is 12.3. The normalized spacial score (nSPS) is 10.6. The molecule has 0 aliphatic heterocycles. The van der Waals surface area contributed by atoms with E-state index in [1.807, 2.05) is 11.8 Å². The summed E-state index contributed by atoms with van der Waals surface area (Å²) in [6.45, 7) is 6.01. The predicted molar refractivity (Wildman–Crippen MR) is 78.5 cm³/mol. The fourth-order valence-electron chi connectivity index (χ4n) is 1.85. The Hall–Kier alpha value is -2.29. The number of nitrogens with zero attached hydrogens (tertiary/aromatic N) is 7. The van der Waals surface area contributed by atoms with E-state index in [1.54, 1.807) is 0 Å². The molecule has 2 N–H and O–H groups in total. The van der Waals surface area contributed by atoms with E-state index in [0.717, 1.165) is 13.0 Å². The fourth-order valence-corrected chi connectivity index (χ4v) is 1.85. The second kappa shape index (κ2) is 7.48. The third-order valence-corrected chi connectivity index (χ3v) is 2.72. The highest BCUT2D eigenvalue weighted by atomic mass is 16.3. The van der Waals surface area contributed by atoms with E-state index >= 15 is 0 Å². The van der Waals surface area contributed by atoms with Gasteiger partial charge in [-0.05, 0) is 13.3 Å². The molecule has 0 saturated carbocycles. The topological polar surface area (TPSA) is 105 Å². The summed E-state index contributed by atoms with van der Waals surface area (Å²) in [6, 6.07) is 0. The van der Waals surface area contributed by atoms with Crippen LogP contribution in [0.3, 0.4) is 0 Å². The molecule has 2 aromatic heterocycles. The Labute approximate surface area is 123 Å². The maximum atomic E-state index is 9.19. The number of hydrogen-bond acceptors (Lipinski definition) is 8. The van der Waals surface area contributed by atoms with Crippen molar-refractivity contribution in [2.75, 3.05) is 36.5 Å². The molecule has 0 aromatic carbocycles. The van der Waals surface area contributed by atoms with Gasteiger partial charge in [-0.2, -0.15) is 24.7 Å². The lowest BCUT2D eigenvalue weighted by atomic mass is 10.4. The van der Waals surface area contributed by atoms with Crippen LogP contribution in [0, 0.1) is 0 Å². The zero-order valence-corrected chi connectivity index (χ0v) is 12.3. The van der Waals surface area contributed by atoms with Gasteiger partial charge in [0.05, 0.1) is 6.61 Å². The number of anilines is 2. The highest BCUT2D eigenvalue weighted by molar-refractivity contribution is 5.39. The van der Waals surface area contributed by atoms with E-state index < -0.39 is 0 Å². The van der Waals surface area contributed by atoms with Crippen molar-refractivity contribution >= 4 is 11.9 Å². The van der Waals surface area contributed by atoms with Crippen LogP contribution in [-0.4, -0.2) is 61.1 Å². The van der Waals surface area contributed by atoms with Gasteiger partial charge < -0.3 is 15.3 Å². The number of aliphatic hydroxyl groups excluding tert-OH is 1. The number of hydrogen-bond donors (Lipinski definition) is 2. The standard InChI is InChI=1S/C12H20N8O/c1-3-5-19(6-7-21)11-16-10(14-4-2)17-12(18-11)20-9-13-8-15-20/h8-9,21H,3-7H2,1-2H3,(H,14,16,17,18). The number of rotatable bonds is 8. The van der Waals surface area contributed by atoms with Gasteiger partial charge in [0.2, 0.25) is 11.9 Å². The largest absolute Gasteiger partial charge is 0.395 e. The Morgan fingerprint density at radius 3 is 2.71 bits per heavy atom. The Morgan fingerprint density at radius 1 is 1.24 bits per heavy atom. The molecule has 0 aliphatic carbocycles. The van der Waals surface area contributed by atoms with Gasteiger partial charge in [-0.3, -0.25) is 0 Å². The van der Waals surface area contributed by atoms with E-state index in [9.17, 15) is 5.11 Å². The maximum absolute atomic E-state index is 9.19. The molecular formula is C12H20N8O. The van der Waals surface area contributed by atoms with Gasteiger partial charge in [-0.15, -0.1) is 0 Å². The minimum absolute atomic E-state index is 0.0425. The molecule has 0 amide bonds. The summed E-state index contributed by atoms with van der Waals surface area (Å²) in [7, 11) is 0. The van der Waals surface area contributed by atoms with E-state index in [2.05, 4.69) is 37.3 Å². The van der Waals surface area contributed by atoms with E-state index in [0.29, 0.717) is 30.9 Å². The second-order valence-electron chi connectivity index (χ2n) is 4.34. The maximum Gasteiger partial charge on any atom is 0.258 e. The average molecular weight is 292 g/mol. The van der Waals surface area contributed by atoms with Gasteiger partial charge in [-0.1, -0.05) is 6.92 Å². The summed E-state index contributed by atoms with van der Waals surface area (Å²) in [6.07, 6.45) is 3.89. The minimum Gasteiger partial charge on any atom is -0.395 e. The molecule has 0 aliphatic rings. The van der Waals surface area contributed by atoms with Crippen molar-refractivity contribution in [1.29, 1.82) is 0 Å². The Morgan fingerprint density at radius 2 is 2.10 bits per heavy atom. The predicted octanol–water partition coefficient (Wildman–Crippen LogP) is 0.0928. The smallest absolute Gasteiger partial charge is 0.258 e. The van der Waals surface area contributed by atoms with Gasteiger partial charge in [-0.25, -0.2) is 4.98 Å². The van der Waals surface area contributed by atoms with Crippen LogP contribution in [0.4, 0.5) is 11.9 Å². The van der Waals surface area contributed by atoms with Crippen molar-refractivity contribution in [2.45, 2.75) is 20.3 Å². The Kier molecular flexibility index (Phi) is 5.38. The minimum atomic E-state index is 0.0425. The Balaban J connectivity index is 2.38. The van der Waals surface area contributed by atoms with Crippen molar-refractivity contribution in [1.82, 2.24) is 29.7 Å². The first-order chi connectivity index (χ1) is 10.3. The highest BCUT2D eigenvalue weighted by Crippen LogP contribution is 2.13. The molecule has 9 heteroatoms. The molecule has 0 spiro atoms. The molecule has 0 saturated heterocycles. The summed E-state index contributed by atoms with van der Waals surface area (Å²) >= 11 is 0. The molecule has 2 rings (SSSR count). The SMILES string of the molecule is CCCN(CCO)c1nc(NCC)nc(-n2cncn2)n1. The molecule has 21 heavy (non-hydrogen) atoms. The zero-order chi connectivity index (χ0) is 15.1.